The summed E-state index contributed by atoms with van der Waals surface area (Å²) in [5.41, 5.74) is 2.01. The van der Waals surface area contributed by atoms with Gasteiger partial charge >= 0.3 is 6.03 Å². The molecule has 1 aromatic carbocycles. The maximum Gasteiger partial charge on any atom is 0.319 e. The van der Waals surface area contributed by atoms with Crippen molar-refractivity contribution in [3.05, 3.63) is 52.0 Å². The van der Waals surface area contributed by atoms with Crippen molar-refractivity contribution in [2.24, 2.45) is 0 Å². The number of aromatic nitrogens is 2. The monoisotopic (exact) mass is 384 g/mol. The zero-order valence-electron chi connectivity index (χ0n) is 15.3. The van der Waals surface area contributed by atoms with Gasteiger partial charge < -0.3 is 10.6 Å². The molecule has 27 heavy (non-hydrogen) atoms. The van der Waals surface area contributed by atoms with Gasteiger partial charge in [0.25, 0.3) is 0 Å². The highest BCUT2D eigenvalue weighted by molar-refractivity contribution is 7.09. The Labute approximate surface area is 161 Å². The zero-order chi connectivity index (χ0) is 19.0. The third-order valence-corrected chi connectivity index (χ3v) is 6.11. The summed E-state index contributed by atoms with van der Waals surface area (Å²) < 4.78 is 14.3. The molecule has 0 aliphatic heterocycles. The van der Waals surface area contributed by atoms with Gasteiger partial charge in [-0.2, -0.15) is 0 Å². The average molecular weight is 384 g/mol. The fourth-order valence-electron chi connectivity index (χ4n) is 3.65. The molecule has 1 aliphatic rings. The molecule has 1 aliphatic carbocycles. The summed E-state index contributed by atoms with van der Waals surface area (Å²) >= 11 is 1.68. The summed E-state index contributed by atoms with van der Waals surface area (Å²) in [7, 11) is 0. The van der Waals surface area contributed by atoms with Crippen molar-refractivity contribution in [2.45, 2.75) is 45.1 Å². The third-order valence-electron chi connectivity index (χ3n) is 4.98. The Morgan fingerprint density at radius 1 is 1.26 bits per heavy atom. The van der Waals surface area contributed by atoms with Crippen molar-refractivity contribution in [1.29, 1.82) is 0 Å². The number of hydrogen-bond acceptors (Lipinski definition) is 4. The average Bonchev–Trinajstić information content (AvgIpc) is 3.26. The lowest BCUT2D eigenvalue weighted by molar-refractivity contribution is 0.248. The second-order valence-corrected chi connectivity index (χ2v) is 7.99. The molecule has 2 amide bonds. The lowest BCUT2D eigenvalue weighted by atomic mass is 10.1. The molecule has 140 valence electrons. The van der Waals surface area contributed by atoms with Crippen LogP contribution >= 0.6 is 11.3 Å². The lowest BCUT2D eigenvalue weighted by Gasteiger charge is -2.15. The van der Waals surface area contributed by atoms with Crippen molar-refractivity contribution < 1.29 is 9.18 Å². The quantitative estimate of drug-likeness (QED) is 0.675. The van der Waals surface area contributed by atoms with Crippen LogP contribution in [-0.2, 0) is 0 Å². The first kappa shape index (κ1) is 17.9. The van der Waals surface area contributed by atoms with Gasteiger partial charge in [0.2, 0.25) is 0 Å². The summed E-state index contributed by atoms with van der Waals surface area (Å²) in [6.45, 7) is 3.83. The van der Waals surface area contributed by atoms with E-state index in [0.29, 0.717) is 11.3 Å². The molecule has 1 fully saturated rings. The molecule has 5 nitrogen and oxygen atoms in total. The number of aryl methyl sites for hydroxylation is 2. The van der Waals surface area contributed by atoms with Gasteiger partial charge in [-0.1, -0.05) is 0 Å². The van der Waals surface area contributed by atoms with Crippen molar-refractivity contribution in [3.63, 3.8) is 0 Å². The Morgan fingerprint density at radius 2 is 2.11 bits per heavy atom. The number of amides is 2. The summed E-state index contributed by atoms with van der Waals surface area (Å²) in [5.74, 6) is -0.0668. The van der Waals surface area contributed by atoms with Crippen LogP contribution in [0.25, 0.3) is 10.8 Å². The van der Waals surface area contributed by atoms with E-state index >= 15 is 0 Å². The predicted molar refractivity (Wildman–Crippen MR) is 106 cm³/mol. The number of rotatable bonds is 3. The summed E-state index contributed by atoms with van der Waals surface area (Å²) in [6.07, 6.45) is 4.45. The fourth-order valence-corrected chi connectivity index (χ4v) is 4.60. The van der Waals surface area contributed by atoms with Crippen LogP contribution < -0.4 is 10.6 Å². The van der Waals surface area contributed by atoms with Crippen LogP contribution in [0.3, 0.4) is 0 Å². The highest BCUT2D eigenvalue weighted by Gasteiger charge is 2.29. The Kier molecular flexibility index (Phi) is 4.78. The number of hydrogen-bond donors (Lipinski definition) is 2. The topological polar surface area (TPSA) is 66.9 Å². The molecule has 0 unspecified atom stereocenters. The maximum absolute atomic E-state index is 14.3. The maximum atomic E-state index is 14.3. The SMILES string of the molecule is Cc1cc2c(NC(=O)N[C@@H]3CC[C@H](c4nc(C)cs4)C3)c(F)ccc2cn1. The van der Waals surface area contributed by atoms with Gasteiger partial charge in [0, 0.05) is 45.7 Å². The summed E-state index contributed by atoms with van der Waals surface area (Å²) in [6, 6.07) is 4.49. The van der Waals surface area contributed by atoms with Crippen molar-refractivity contribution in [3.8, 4) is 0 Å². The Bertz CT molecular complexity index is 998. The molecule has 0 saturated heterocycles. The van der Waals surface area contributed by atoms with E-state index in [9.17, 15) is 9.18 Å². The van der Waals surface area contributed by atoms with E-state index in [2.05, 4.69) is 26.0 Å². The highest BCUT2D eigenvalue weighted by atomic mass is 32.1. The third kappa shape index (κ3) is 3.78. The van der Waals surface area contributed by atoms with Crippen molar-refractivity contribution >= 4 is 33.8 Å². The van der Waals surface area contributed by atoms with Crippen LogP contribution in [0.15, 0.2) is 29.8 Å². The smallest absolute Gasteiger partial charge is 0.319 e. The zero-order valence-corrected chi connectivity index (χ0v) is 16.1. The van der Waals surface area contributed by atoms with E-state index in [0.717, 1.165) is 41.0 Å². The van der Waals surface area contributed by atoms with Gasteiger partial charge in [-0.3, -0.25) is 4.98 Å². The van der Waals surface area contributed by atoms with Crippen LogP contribution in [0.2, 0.25) is 0 Å². The Morgan fingerprint density at radius 3 is 2.89 bits per heavy atom. The number of thiazole rings is 1. The number of nitrogens with one attached hydrogen (secondary N) is 2. The van der Waals surface area contributed by atoms with E-state index in [1.54, 1.807) is 29.7 Å². The fraction of sp³-hybridized carbons (Fsp3) is 0.350. The molecule has 2 aromatic heterocycles. The molecule has 1 saturated carbocycles. The standard InChI is InChI=1S/C20H21FN4OS/c1-11-7-16-14(9-22-11)4-6-17(21)18(16)25-20(26)24-15-5-3-13(8-15)19-23-12(2)10-27-19/h4,6-7,9-10,13,15H,3,5,8H2,1-2H3,(H2,24,25,26)/t13-,15+/m0/s1. The first-order chi connectivity index (χ1) is 13.0. The number of anilines is 1. The van der Waals surface area contributed by atoms with Crippen LogP contribution in [-0.4, -0.2) is 22.0 Å². The summed E-state index contributed by atoms with van der Waals surface area (Å²) in [5, 5.41) is 10.3. The van der Waals surface area contributed by atoms with E-state index in [4.69, 9.17) is 0 Å². The molecule has 2 N–H and O–H groups in total. The van der Waals surface area contributed by atoms with E-state index in [1.807, 2.05) is 13.8 Å². The number of halogens is 1. The van der Waals surface area contributed by atoms with Crippen LogP contribution in [0.4, 0.5) is 14.9 Å². The van der Waals surface area contributed by atoms with Gasteiger partial charge in [0.1, 0.15) is 5.82 Å². The molecule has 7 heteroatoms. The van der Waals surface area contributed by atoms with Crippen LogP contribution in [0.1, 0.15) is 41.6 Å². The molecule has 0 bridgehead atoms. The number of carbonyl (C=O) groups is 1. The lowest BCUT2D eigenvalue weighted by Crippen LogP contribution is -2.36. The molecule has 3 aromatic rings. The molecular formula is C20H21FN4OS. The van der Waals surface area contributed by atoms with E-state index in [-0.39, 0.29) is 17.8 Å². The summed E-state index contributed by atoms with van der Waals surface area (Å²) in [4.78, 5) is 21.3. The van der Waals surface area contributed by atoms with Gasteiger partial charge in [0.05, 0.1) is 10.7 Å². The molecule has 2 atom stereocenters. The predicted octanol–water partition coefficient (Wildman–Crippen LogP) is 4.91. The molecule has 2 heterocycles. The normalized spacial score (nSPS) is 19.4. The number of urea groups is 1. The number of pyridine rings is 1. The number of benzene rings is 1. The first-order valence-corrected chi connectivity index (χ1v) is 9.92. The Hall–Kier alpha value is -2.54. The largest absolute Gasteiger partial charge is 0.335 e. The molecule has 0 spiro atoms. The molecule has 0 radical (unpaired) electrons. The molecular weight excluding hydrogens is 363 g/mol. The number of nitrogens with zero attached hydrogens (tertiary/aromatic N) is 2. The minimum absolute atomic E-state index is 0.0700. The number of fused-ring (bicyclic) bond motifs is 1. The van der Waals surface area contributed by atoms with Gasteiger partial charge in [-0.05, 0) is 51.3 Å². The Balaban J connectivity index is 1.45. The van der Waals surface area contributed by atoms with E-state index in [1.165, 1.54) is 6.07 Å². The van der Waals surface area contributed by atoms with Crippen LogP contribution in [0.5, 0.6) is 0 Å². The van der Waals surface area contributed by atoms with Crippen molar-refractivity contribution in [1.82, 2.24) is 15.3 Å². The number of carbonyl (C=O) groups excluding carboxylic acids is 1. The second-order valence-electron chi connectivity index (χ2n) is 7.10. The van der Waals surface area contributed by atoms with Gasteiger partial charge in [0.15, 0.2) is 0 Å². The highest BCUT2D eigenvalue weighted by Crippen LogP contribution is 2.36. The van der Waals surface area contributed by atoms with Gasteiger partial charge in [-0.25, -0.2) is 14.2 Å². The minimum atomic E-state index is -0.453. The van der Waals surface area contributed by atoms with Gasteiger partial charge in [-0.15, -0.1) is 11.3 Å². The second kappa shape index (κ2) is 7.23. The minimum Gasteiger partial charge on any atom is -0.335 e. The molecule has 4 rings (SSSR count). The first-order valence-electron chi connectivity index (χ1n) is 9.04. The van der Waals surface area contributed by atoms with E-state index < -0.39 is 5.82 Å². The van der Waals surface area contributed by atoms with Crippen molar-refractivity contribution in [2.75, 3.05) is 5.32 Å². The van der Waals surface area contributed by atoms with Crippen LogP contribution in [0, 0.1) is 19.7 Å².